The molecule has 0 radical (unpaired) electrons. The van der Waals surface area contributed by atoms with Gasteiger partial charge < -0.3 is 20.3 Å². The second kappa shape index (κ2) is 16.0. The van der Waals surface area contributed by atoms with E-state index in [4.69, 9.17) is 4.74 Å². The summed E-state index contributed by atoms with van der Waals surface area (Å²) in [5.74, 6) is 2.30. The van der Waals surface area contributed by atoms with Gasteiger partial charge in [-0.3, -0.25) is 19.4 Å². The van der Waals surface area contributed by atoms with Crippen LogP contribution in [0.25, 0.3) is 11.1 Å². The molecule has 0 bridgehead atoms. The van der Waals surface area contributed by atoms with Crippen molar-refractivity contribution in [2.75, 3.05) is 26.2 Å². The van der Waals surface area contributed by atoms with E-state index >= 15 is 0 Å². The lowest BCUT2D eigenvalue weighted by Gasteiger charge is -2.22. The van der Waals surface area contributed by atoms with Gasteiger partial charge >= 0.3 is 0 Å². The Morgan fingerprint density at radius 1 is 0.795 bits per heavy atom. The van der Waals surface area contributed by atoms with Crippen LogP contribution in [0.3, 0.4) is 0 Å². The number of likely N-dealkylation sites (tertiary alicyclic amines) is 1. The van der Waals surface area contributed by atoms with E-state index in [-0.39, 0.29) is 24.1 Å². The van der Waals surface area contributed by atoms with Gasteiger partial charge in [0.2, 0.25) is 17.7 Å². The molecule has 1 aromatic heterocycles. The molecule has 232 valence electrons. The second-order valence-corrected chi connectivity index (χ2v) is 12.0. The van der Waals surface area contributed by atoms with Crippen molar-refractivity contribution in [3.05, 3.63) is 84.2 Å². The zero-order valence-electron chi connectivity index (χ0n) is 25.5. The fourth-order valence-corrected chi connectivity index (χ4v) is 6.21. The molecule has 2 N–H and O–H groups in total. The summed E-state index contributed by atoms with van der Waals surface area (Å²) in [5.41, 5.74) is 3.76. The first-order valence-corrected chi connectivity index (χ1v) is 16.1. The molecule has 2 unspecified atom stereocenters. The van der Waals surface area contributed by atoms with E-state index in [1.807, 2.05) is 71.6 Å². The summed E-state index contributed by atoms with van der Waals surface area (Å²) in [6.45, 7) is 3.38. The largest absolute Gasteiger partial charge is 0.494 e. The molecule has 0 spiro atoms. The molecule has 2 aliphatic rings. The lowest BCUT2D eigenvalue weighted by molar-refractivity contribution is -0.130. The molecule has 3 aromatic rings. The average Bonchev–Trinajstić information content (AvgIpc) is 3.50. The number of nitrogens with zero attached hydrogens (tertiary/aromatic N) is 2. The van der Waals surface area contributed by atoms with Crippen LogP contribution in [0.2, 0.25) is 0 Å². The molecule has 3 amide bonds. The molecule has 8 heteroatoms. The smallest absolute Gasteiger partial charge is 0.226 e. The lowest BCUT2D eigenvalue weighted by atomic mass is 9.82. The summed E-state index contributed by atoms with van der Waals surface area (Å²) in [5, 5.41) is 5.87. The normalized spacial score (nSPS) is 17.5. The number of carbonyl (C=O) groups is 3. The lowest BCUT2D eigenvalue weighted by Crippen LogP contribution is -2.29. The van der Waals surface area contributed by atoms with Gasteiger partial charge in [0.05, 0.1) is 13.0 Å². The number of benzene rings is 2. The number of hydrogen-bond acceptors (Lipinski definition) is 5. The van der Waals surface area contributed by atoms with Gasteiger partial charge in [0, 0.05) is 56.5 Å². The number of ether oxygens (including phenoxy) is 1. The maximum atomic E-state index is 12.6. The third-order valence-electron chi connectivity index (χ3n) is 8.72. The van der Waals surface area contributed by atoms with Crippen LogP contribution in [0.15, 0.2) is 72.9 Å². The molecule has 8 nitrogen and oxygen atoms in total. The molecule has 5 rings (SSSR count). The molecule has 1 saturated heterocycles. The fraction of sp³-hybridized carbons (Fsp3) is 0.444. The van der Waals surface area contributed by atoms with Gasteiger partial charge in [0.1, 0.15) is 5.75 Å². The van der Waals surface area contributed by atoms with Crippen molar-refractivity contribution in [3.8, 4) is 16.9 Å². The van der Waals surface area contributed by atoms with E-state index < -0.39 is 0 Å². The van der Waals surface area contributed by atoms with Gasteiger partial charge in [-0.25, -0.2) is 0 Å². The van der Waals surface area contributed by atoms with Gasteiger partial charge in [0.15, 0.2) is 0 Å². The summed E-state index contributed by atoms with van der Waals surface area (Å²) >= 11 is 0. The molecule has 44 heavy (non-hydrogen) atoms. The Labute approximate surface area is 260 Å². The number of rotatable bonds is 14. The summed E-state index contributed by atoms with van der Waals surface area (Å²) in [6, 6.07) is 21.5. The maximum absolute atomic E-state index is 12.6. The van der Waals surface area contributed by atoms with E-state index in [1.165, 1.54) is 25.7 Å². The molecule has 1 aliphatic carbocycles. The van der Waals surface area contributed by atoms with Crippen LogP contribution in [0, 0.1) is 11.8 Å². The molecule has 2 aromatic carbocycles. The van der Waals surface area contributed by atoms with Crippen molar-refractivity contribution >= 4 is 17.7 Å². The summed E-state index contributed by atoms with van der Waals surface area (Å²) in [6.07, 6.45) is 9.28. The van der Waals surface area contributed by atoms with Gasteiger partial charge in [-0.1, -0.05) is 61.4 Å². The fourth-order valence-electron chi connectivity index (χ4n) is 6.21. The highest BCUT2D eigenvalue weighted by Gasteiger charge is 2.36. The Morgan fingerprint density at radius 3 is 2.23 bits per heavy atom. The number of aromatic nitrogens is 1. The second-order valence-electron chi connectivity index (χ2n) is 12.0. The van der Waals surface area contributed by atoms with E-state index in [1.54, 1.807) is 6.20 Å². The first-order chi connectivity index (χ1) is 21.5. The molecule has 2 atom stereocenters. The van der Waals surface area contributed by atoms with Crippen LogP contribution < -0.4 is 15.4 Å². The molecular weight excluding hydrogens is 552 g/mol. The minimum Gasteiger partial charge on any atom is -0.494 e. The van der Waals surface area contributed by atoms with Crippen molar-refractivity contribution in [2.24, 2.45) is 11.8 Å². The Kier molecular flexibility index (Phi) is 11.4. The minimum absolute atomic E-state index is 0.00955. The highest BCUT2D eigenvalue weighted by Crippen LogP contribution is 2.36. The number of fused-ring (bicyclic) bond motifs is 1. The number of hydrogen-bond donors (Lipinski definition) is 2. The van der Waals surface area contributed by atoms with Gasteiger partial charge in [-0.2, -0.15) is 0 Å². The first-order valence-electron chi connectivity index (χ1n) is 16.1. The molecule has 1 saturated carbocycles. The van der Waals surface area contributed by atoms with Crippen LogP contribution in [0.1, 0.15) is 62.6 Å². The Bertz CT molecular complexity index is 1350. The zero-order valence-corrected chi connectivity index (χ0v) is 25.5. The zero-order chi connectivity index (χ0) is 30.6. The van der Waals surface area contributed by atoms with Gasteiger partial charge in [-0.15, -0.1) is 0 Å². The predicted octanol–water partition coefficient (Wildman–Crippen LogP) is 5.31. The number of pyridine rings is 1. The Hall–Kier alpha value is -4.20. The predicted molar refractivity (Wildman–Crippen MR) is 171 cm³/mol. The average molecular weight is 597 g/mol. The van der Waals surface area contributed by atoms with Gasteiger partial charge in [-0.05, 0) is 66.8 Å². The van der Waals surface area contributed by atoms with Crippen LogP contribution >= 0.6 is 0 Å². The molecule has 1 aliphatic heterocycles. The first kappa shape index (κ1) is 31.2. The minimum atomic E-state index is -0.0588. The highest BCUT2D eigenvalue weighted by molar-refractivity contribution is 5.79. The van der Waals surface area contributed by atoms with Crippen LogP contribution in [0.5, 0.6) is 5.75 Å². The maximum Gasteiger partial charge on any atom is 0.226 e. The number of nitrogens with one attached hydrogen (secondary N) is 2. The number of amides is 3. The SMILES string of the molecule is O=C(CCCC(=O)N1CC2CCCCC2C1)NCCCOc1ccc(-c2ccc(CC(=O)NCc3ccccc3)nc2)cc1. The molecule has 2 heterocycles. The summed E-state index contributed by atoms with van der Waals surface area (Å²) < 4.78 is 5.84. The van der Waals surface area contributed by atoms with Crippen molar-refractivity contribution in [1.82, 2.24) is 20.5 Å². The van der Waals surface area contributed by atoms with Crippen molar-refractivity contribution in [1.29, 1.82) is 0 Å². The van der Waals surface area contributed by atoms with E-state index in [0.29, 0.717) is 57.2 Å². The van der Waals surface area contributed by atoms with Gasteiger partial charge in [0.25, 0.3) is 0 Å². The van der Waals surface area contributed by atoms with Crippen LogP contribution in [-0.2, 0) is 27.3 Å². The van der Waals surface area contributed by atoms with Crippen LogP contribution in [-0.4, -0.2) is 53.8 Å². The van der Waals surface area contributed by atoms with Crippen molar-refractivity contribution in [2.45, 2.75) is 64.3 Å². The third kappa shape index (κ3) is 9.40. The number of carbonyl (C=O) groups excluding carboxylic acids is 3. The van der Waals surface area contributed by atoms with Crippen LogP contribution in [0.4, 0.5) is 0 Å². The molecular formula is C36H44N4O4. The monoisotopic (exact) mass is 596 g/mol. The summed E-state index contributed by atoms with van der Waals surface area (Å²) in [7, 11) is 0. The van der Waals surface area contributed by atoms with Crippen molar-refractivity contribution < 1.29 is 19.1 Å². The van der Waals surface area contributed by atoms with Crippen molar-refractivity contribution in [3.63, 3.8) is 0 Å². The standard InChI is InChI=1S/C36H44N4O4/c41-34(12-6-13-36(43)40-25-30-10-4-5-11-31(30)26-40)37-20-7-21-44-33-18-15-28(16-19-33)29-14-17-32(38-24-29)22-35(42)39-23-27-8-2-1-3-9-27/h1-3,8-9,14-19,24,30-31H,4-7,10-13,20-23,25-26H2,(H,37,41)(H,39,42). The highest BCUT2D eigenvalue weighted by atomic mass is 16.5. The Balaban J connectivity index is 0.928. The van der Waals surface area contributed by atoms with E-state index in [0.717, 1.165) is 41.2 Å². The molecule has 2 fully saturated rings. The van der Waals surface area contributed by atoms with E-state index in [9.17, 15) is 14.4 Å². The van der Waals surface area contributed by atoms with E-state index in [2.05, 4.69) is 15.6 Å². The summed E-state index contributed by atoms with van der Waals surface area (Å²) in [4.78, 5) is 43.6. The topological polar surface area (TPSA) is 101 Å². The quantitative estimate of drug-likeness (QED) is 0.246. The Morgan fingerprint density at radius 2 is 1.52 bits per heavy atom. The third-order valence-corrected chi connectivity index (χ3v) is 8.72.